The Hall–Kier alpha value is -3.65. The number of carbonyl (C=O) groups excluding carboxylic acids is 1. The number of pyridine rings is 2. The summed E-state index contributed by atoms with van der Waals surface area (Å²) in [4.78, 5) is 31.7. The van der Waals surface area contributed by atoms with E-state index in [1.165, 1.54) is 31.6 Å². The number of halogens is 1. The highest BCUT2D eigenvalue weighted by atomic mass is 35.5. The van der Waals surface area contributed by atoms with Crippen molar-refractivity contribution in [1.82, 2.24) is 15.3 Å². The van der Waals surface area contributed by atoms with E-state index in [1.54, 1.807) is 12.1 Å². The molecule has 0 aliphatic carbocycles. The SMILES string of the molecule is CNC(=O)c1cnc(Nc2cc(C(=O)O)ccn2)cc1Nc1ccc(Cl)cc1C. The Labute approximate surface area is 172 Å². The van der Waals surface area contributed by atoms with Gasteiger partial charge in [0.1, 0.15) is 11.6 Å². The van der Waals surface area contributed by atoms with Gasteiger partial charge < -0.3 is 21.1 Å². The molecule has 3 aromatic rings. The highest BCUT2D eigenvalue weighted by Crippen LogP contribution is 2.28. The first kappa shape index (κ1) is 20.1. The van der Waals surface area contributed by atoms with Crippen LogP contribution < -0.4 is 16.0 Å². The summed E-state index contributed by atoms with van der Waals surface area (Å²) in [5.74, 6) is -0.649. The fraction of sp³-hybridized carbons (Fsp3) is 0.100. The average molecular weight is 412 g/mol. The lowest BCUT2D eigenvalue weighted by atomic mass is 10.1. The summed E-state index contributed by atoms with van der Waals surface area (Å²) in [5.41, 5.74) is 2.64. The van der Waals surface area contributed by atoms with Gasteiger partial charge in [-0.25, -0.2) is 14.8 Å². The molecule has 0 radical (unpaired) electrons. The zero-order valence-corrected chi connectivity index (χ0v) is 16.4. The number of carbonyl (C=O) groups is 2. The number of rotatable bonds is 6. The van der Waals surface area contributed by atoms with Crippen molar-refractivity contribution in [3.8, 4) is 0 Å². The van der Waals surface area contributed by atoms with Crippen molar-refractivity contribution in [1.29, 1.82) is 0 Å². The van der Waals surface area contributed by atoms with E-state index in [0.717, 1.165) is 11.3 Å². The molecule has 2 aromatic heterocycles. The fourth-order valence-electron chi connectivity index (χ4n) is 2.62. The van der Waals surface area contributed by atoms with E-state index in [0.29, 0.717) is 27.9 Å². The number of anilines is 4. The molecule has 0 fully saturated rings. The molecule has 0 bridgehead atoms. The molecule has 148 valence electrons. The molecule has 0 aliphatic rings. The third-order valence-electron chi connectivity index (χ3n) is 4.10. The predicted molar refractivity (Wildman–Crippen MR) is 112 cm³/mol. The third kappa shape index (κ3) is 4.80. The molecule has 4 N–H and O–H groups in total. The van der Waals surface area contributed by atoms with Crippen molar-refractivity contribution in [3.63, 3.8) is 0 Å². The summed E-state index contributed by atoms with van der Waals surface area (Å²) in [6.45, 7) is 1.90. The molecule has 0 unspecified atom stereocenters. The van der Waals surface area contributed by atoms with E-state index < -0.39 is 5.97 Å². The lowest BCUT2D eigenvalue weighted by Crippen LogP contribution is -2.19. The minimum absolute atomic E-state index is 0.0969. The second-order valence-corrected chi connectivity index (χ2v) is 6.57. The van der Waals surface area contributed by atoms with Crippen molar-refractivity contribution < 1.29 is 14.7 Å². The van der Waals surface area contributed by atoms with Crippen molar-refractivity contribution in [2.24, 2.45) is 0 Å². The van der Waals surface area contributed by atoms with Crippen molar-refractivity contribution in [2.45, 2.75) is 6.92 Å². The van der Waals surface area contributed by atoms with Crippen LogP contribution in [0.25, 0.3) is 0 Å². The second kappa shape index (κ2) is 8.57. The molecule has 9 heteroatoms. The van der Waals surface area contributed by atoms with Crippen LogP contribution in [-0.2, 0) is 0 Å². The van der Waals surface area contributed by atoms with Crippen LogP contribution in [-0.4, -0.2) is 34.0 Å². The number of amides is 1. The van der Waals surface area contributed by atoms with Crippen LogP contribution in [0.2, 0.25) is 5.02 Å². The van der Waals surface area contributed by atoms with Gasteiger partial charge in [-0.05, 0) is 42.8 Å². The lowest BCUT2D eigenvalue weighted by Gasteiger charge is -2.15. The highest BCUT2D eigenvalue weighted by molar-refractivity contribution is 6.30. The van der Waals surface area contributed by atoms with Crippen LogP contribution in [0.4, 0.5) is 23.0 Å². The number of aromatic carboxylic acids is 1. The number of carboxylic acids is 1. The molecule has 3 rings (SSSR count). The molecule has 1 aromatic carbocycles. The minimum Gasteiger partial charge on any atom is -0.478 e. The summed E-state index contributed by atoms with van der Waals surface area (Å²) in [6.07, 6.45) is 2.82. The van der Waals surface area contributed by atoms with Gasteiger partial charge in [-0.15, -0.1) is 0 Å². The quantitative estimate of drug-likeness (QED) is 0.484. The average Bonchev–Trinajstić information content (AvgIpc) is 2.70. The van der Waals surface area contributed by atoms with Gasteiger partial charge in [-0.3, -0.25) is 4.79 Å². The molecule has 0 aliphatic heterocycles. The first-order valence-corrected chi connectivity index (χ1v) is 8.97. The zero-order valence-electron chi connectivity index (χ0n) is 15.7. The number of carboxylic acid groups (broad SMARTS) is 1. The normalized spacial score (nSPS) is 10.3. The topological polar surface area (TPSA) is 116 Å². The molecule has 8 nitrogen and oxygen atoms in total. The number of hydrogen-bond donors (Lipinski definition) is 4. The van der Waals surface area contributed by atoms with Crippen molar-refractivity contribution in [3.05, 3.63) is 70.5 Å². The summed E-state index contributed by atoms with van der Waals surface area (Å²) in [6, 6.07) is 9.81. The van der Waals surface area contributed by atoms with Gasteiger partial charge in [0.25, 0.3) is 5.91 Å². The molecule has 29 heavy (non-hydrogen) atoms. The van der Waals surface area contributed by atoms with Crippen LogP contribution in [0.1, 0.15) is 26.3 Å². The summed E-state index contributed by atoms with van der Waals surface area (Å²) < 4.78 is 0. The van der Waals surface area contributed by atoms with Gasteiger partial charge in [-0.1, -0.05) is 11.6 Å². The molecule has 0 atom stereocenters. The molecule has 1 amide bonds. The standard InChI is InChI=1S/C20H18ClN5O3/c1-11-7-13(21)3-4-15(11)25-16-9-18(24-10-14(16)19(27)22-2)26-17-8-12(20(28)29)5-6-23-17/h3-10H,1-2H3,(H,22,27)(H,28,29)(H2,23,24,25,26). The van der Waals surface area contributed by atoms with Gasteiger partial charge >= 0.3 is 5.97 Å². The van der Waals surface area contributed by atoms with E-state index in [4.69, 9.17) is 16.7 Å². The Morgan fingerprint density at radius 1 is 1.00 bits per heavy atom. The molecule has 0 spiro atoms. The molecule has 2 heterocycles. The Morgan fingerprint density at radius 3 is 2.45 bits per heavy atom. The summed E-state index contributed by atoms with van der Waals surface area (Å²) in [5, 5.41) is 18.5. The van der Waals surface area contributed by atoms with Gasteiger partial charge in [0.05, 0.1) is 16.8 Å². The fourth-order valence-corrected chi connectivity index (χ4v) is 2.84. The van der Waals surface area contributed by atoms with Gasteiger partial charge in [-0.2, -0.15) is 0 Å². The molecular formula is C20H18ClN5O3. The van der Waals surface area contributed by atoms with E-state index in [1.807, 2.05) is 19.1 Å². The Morgan fingerprint density at radius 2 is 1.76 bits per heavy atom. The number of nitrogens with zero attached hydrogens (tertiary/aromatic N) is 2. The monoisotopic (exact) mass is 411 g/mol. The Kier molecular flexibility index (Phi) is 5.94. The van der Waals surface area contributed by atoms with E-state index in [2.05, 4.69) is 25.9 Å². The highest BCUT2D eigenvalue weighted by Gasteiger charge is 2.14. The molecule has 0 saturated carbocycles. The minimum atomic E-state index is -1.06. The Bertz CT molecular complexity index is 1090. The van der Waals surface area contributed by atoms with Crippen LogP contribution in [0.15, 0.2) is 48.8 Å². The smallest absolute Gasteiger partial charge is 0.335 e. The van der Waals surface area contributed by atoms with Crippen LogP contribution >= 0.6 is 11.6 Å². The first-order chi connectivity index (χ1) is 13.9. The third-order valence-corrected chi connectivity index (χ3v) is 4.33. The summed E-state index contributed by atoms with van der Waals surface area (Å²) >= 11 is 6.01. The maximum Gasteiger partial charge on any atom is 0.335 e. The van der Waals surface area contributed by atoms with Gasteiger partial charge in [0.15, 0.2) is 0 Å². The number of hydrogen-bond acceptors (Lipinski definition) is 6. The van der Waals surface area contributed by atoms with Crippen LogP contribution in [0.5, 0.6) is 0 Å². The van der Waals surface area contributed by atoms with Crippen molar-refractivity contribution in [2.75, 3.05) is 17.7 Å². The number of aromatic nitrogens is 2. The Balaban J connectivity index is 1.96. The van der Waals surface area contributed by atoms with Gasteiger partial charge in [0.2, 0.25) is 0 Å². The number of benzene rings is 1. The van der Waals surface area contributed by atoms with Gasteiger partial charge in [0, 0.05) is 36.2 Å². The second-order valence-electron chi connectivity index (χ2n) is 6.14. The predicted octanol–water partition coefficient (Wildman–Crippen LogP) is 3.98. The molecular weight excluding hydrogens is 394 g/mol. The van der Waals surface area contributed by atoms with E-state index in [9.17, 15) is 9.59 Å². The number of nitrogens with one attached hydrogen (secondary N) is 3. The van der Waals surface area contributed by atoms with Crippen LogP contribution in [0.3, 0.4) is 0 Å². The van der Waals surface area contributed by atoms with Crippen molar-refractivity contribution >= 4 is 46.5 Å². The maximum atomic E-state index is 12.2. The first-order valence-electron chi connectivity index (χ1n) is 8.59. The lowest BCUT2D eigenvalue weighted by molar-refractivity contribution is 0.0696. The van der Waals surface area contributed by atoms with E-state index in [-0.39, 0.29) is 11.5 Å². The molecule has 0 saturated heterocycles. The largest absolute Gasteiger partial charge is 0.478 e. The number of aryl methyl sites for hydroxylation is 1. The maximum absolute atomic E-state index is 12.2. The zero-order chi connectivity index (χ0) is 21.0. The summed E-state index contributed by atoms with van der Waals surface area (Å²) in [7, 11) is 1.53. The van der Waals surface area contributed by atoms with Crippen LogP contribution in [0, 0.1) is 6.92 Å². The van der Waals surface area contributed by atoms with E-state index >= 15 is 0 Å².